The largest absolute Gasteiger partial charge is 0.392 e. The highest BCUT2D eigenvalue weighted by molar-refractivity contribution is 5.11. The van der Waals surface area contributed by atoms with Crippen LogP contribution >= 0.6 is 0 Å². The topological polar surface area (TPSA) is 32.7 Å². The van der Waals surface area contributed by atoms with Crippen LogP contribution in [-0.4, -0.2) is 48.5 Å². The second-order valence-corrected chi connectivity index (χ2v) is 8.77. The van der Waals surface area contributed by atoms with Gasteiger partial charge in [-0.3, -0.25) is 0 Å². The van der Waals surface area contributed by atoms with E-state index in [0.29, 0.717) is 16.9 Å². The minimum Gasteiger partial charge on any atom is -0.392 e. The molecule has 0 aromatic rings. The first kappa shape index (κ1) is 16.7. The fourth-order valence-electron chi connectivity index (χ4n) is 5.26. The van der Waals surface area contributed by atoms with Gasteiger partial charge in [-0.25, -0.2) is 0 Å². The zero-order valence-corrected chi connectivity index (χ0v) is 14.8. The summed E-state index contributed by atoms with van der Waals surface area (Å²) in [5.41, 5.74) is 0.763. The number of piperidine rings is 1. The van der Waals surface area contributed by atoms with E-state index in [4.69, 9.17) is 4.74 Å². The molecule has 2 bridgehead atoms. The summed E-state index contributed by atoms with van der Waals surface area (Å²) in [7, 11) is 0. The van der Waals surface area contributed by atoms with Gasteiger partial charge in [0.1, 0.15) is 0 Å². The molecule has 3 heteroatoms. The number of hydrogen-bond donors (Lipinski definition) is 1. The average molecular weight is 309 g/mol. The van der Waals surface area contributed by atoms with Gasteiger partial charge in [0.2, 0.25) is 0 Å². The van der Waals surface area contributed by atoms with Gasteiger partial charge in [0.05, 0.1) is 12.2 Å². The first-order valence-corrected chi connectivity index (χ1v) is 9.45. The van der Waals surface area contributed by atoms with E-state index in [-0.39, 0.29) is 6.10 Å². The van der Waals surface area contributed by atoms with Crippen LogP contribution in [0.3, 0.4) is 0 Å². The highest BCUT2D eigenvalue weighted by atomic mass is 16.5. The summed E-state index contributed by atoms with van der Waals surface area (Å²) in [5, 5.41) is 10.3. The number of likely N-dealkylation sites (tertiary alicyclic amines) is 1. The van der Waals surface area contributed by atoms with Crippen molar-refractivity contribution in [1.82, 2.24) is 4.90 Å². The molecule has 0 spiro atoms. The molecule has 4 atom stereocenters. The third kappa shape index (κ3) is 2.97. The Bertz CT molecular complexity index is 378. The molecular weight excluding hydrogens is 274 g/mol. The number of ether oxygens (including phenoxy) is 1. The molecule has 1 N–H and O–H groups in total. The quantitative estimate of drug-likeness (QED) is 0.815. The number of aliphatic hydroxyl groups is 1. The minimum absolute atomic E-state index is 0.225. The summed E-state index contributed by atoms with van der Waals surface area (Å²) >= 11 is 0. The van der Waals surface area contributed by atoms with E-state index in [0.717, 1.165) is 38.6 Å². The second-order valence-electron chi connectivity index (χ2n) is 8.77. The number of aliphatic hydroxyl groups excluding tert-OH is 1. The van der Waals surface area contributed by atoms with Crippen LogP contribution in [0.4, 0.5) is 0 Å². The van der Waals surface area contributed by atoms with E-state index >= 15 is 0 Å². The molecular formula is C19H35NO2. The van der Waals surface area contributed by atoms with Crippen LogP contribution in [0.5, 0.6) is 0 Å². The van der Waals surface area contributed by atoms with Crippen LogP contribution in [0.25, 0.3) is 0 Å². The molecule has 2 aliphatic carbocycles. The Kier molecular flexibility index (Phi) is 4.87. The van der Waals surface area contributed by atoms with Crippen molar-refractivity contribution in [2.45, 2.75) is 77.9 Å². The fraction of sp³-hybridized carbons (Fsp3) is 1.00. The van der Waals surface area contributed by atoms with Gasteiger partial charge in [-0.1, -0.05) is 27.2 Å². The van der Waals surface area contributed by atoms with Gasteiger partial charge in [-0.15, -0.1) is 0 Å². The van der Waals surface area contributed by atoms with Gasteiger partial charge < -0.3 is 14.7 Å². The Labute approximate surface area is 136 Å². The summed E-state index contributed by atoms with van der Waals surface area (Å²) in [6, 6.07) is 0. The molecule has 22 heavy (non-hydrogen) atoms. The Hall–Kier alpha value is -0.120. The average Bonchev–Trinajstić information content (AvgIpc) is 2.81. The van der Waals surface area contributed by atoms with Gasteiger partial charge >= 0.3 is 0 Å². The van der Waals surface area contributed by atoms with Gasteiger partial charge in [0.15, 0.2) is 0 Å². The SMILES string of the molecule is CC1(C)[C@@H]2CC[C@@]1(C)[C@H](OCC[C@H](O)CN1CCCCC1)C2. The van der Waals surface area contributed by atoms with Gasteiger partial charge in [-0.2, -0.15) is 0 Å². The standard InChI is InChI=1S/C19H35NO2/c1-18(2)15-7-9-19(18,3)17(13-15)22-12-8-16(21)14-20-10-5-4-6-11-20/h15-17,21H,4-14H2,1-3H3/t15-,16+,17-,19+/m1/s1. The maximum atomic E-state index is 10.3. The van der Waals surface area contributed by atoms with Crippen molar-refractivity contribution in [3.63, 3.8) is 0 Å². The zero-order valence-electron chi connectivity index (χ0n) is 14.8. The van der Waals surface area contributed by atoms with Crippen LogP contribution < -0.4 is 0 Å². The van der Waals surface area contributed by atoms with Gasteiger partial charge in [-0.05, 0) is 68.4 Å². The molecule has 2 saturated carbocycles. The zero-order chi connectivity index (χ0) is 15.8. The molecule has 3 nitrogen and oxygen atoms in total. The van der Waals surface area contributed by atoms with Crippen LogP contribution in [0, 0.1) is 16.7 Å². The Balaban J connectivity index is 1.40. The van der Waals surface area contributed by atoms with Crippen LogP contribution in [0.2, 0.25) is 0 Å². The maximum absolute atomic E-state index is 10.3. The molecule has 0 amide bonds. The first-order chi connectivity index (χ1) is 10.4. The van der Waals surface area contributed by atoms with Crippen molar-refractivity contribution >= 4 is 0 Å². The first-order valence-electron chi connectivity index (χ1n) is 9.45. The van der Waals surface area contributed by atoms with Crippen molar-refractivity contribution in [3.8, 4) is 0 Å². The maximum Gasteiger partial charge on any atom is 0.0689 e. The molecule has 3 aliphatic rings. The third-order valence-corrected chi connectivity index (χ3v) is 7.40. The Morgan fingerprint density at radius 3 is 2.50 bits per heavy atom. The highest BCUT2D eigenvalue weighted by Crippen LogP contribution is 2.66. The van der Waals surface area contributed by atoms with Crippen molar-refractivity contribution in [3.05, 3.63) is 0 Å². The normalized spacial score (nSPS) is 39.3. The molecule has 128 valence electrons. The predicted molar refractivity (Wildman–Crippen MR) is 89.9 cm³/mol. The van der Waals surface area contributed by atoms with Crippen LogP contribution in [0.1, 0.15) is 65.7 Å². The molecule has 0 unspecified atom stereocenters. The smallest absolute Gasteiger partial charge is 0.0689 e. The van der Waals surface area contributed by atoms with E-state index in [1.54, 1.807) is 0 Å². The number of nitrogens with zero attached hydrogens (tertiary/aromatic N) is 1. The van der Waals surface area contributed by atoms with Crippen molar-refractivity contribution in [2.75, 3.05) is 26.2 Å². The van der Waals surface area contributed by atoms with Crippen molar-refractivity contribution < 1.29 is 9.84 Å². The number of fused-ring (bicyclic) bond motifs is 2. The van der Waals surface area contributed by atoms with E-state index < -0.39 is 0 Å². The lowest BCUT2D eigenvalue weighted by atomic mass is 9.70. The summed E-state index contributed by atoms with van der Waals surface area (Å²) < 4.78 is 6.26. The lowest BCUT2D eigenvalue weighted by molar-refractivity contribution is -0.0566. The molecule has 0 aromatic carbocycles. The summed E-state index contributed by atoms with van der Waals surface area (Å²) in [4.78, 5) is 2.41. The molecule has 3 rings (SSSR count). The van der Waals surface area contributed by atoms with E-state index in [1.165, 1.54) is 38.5 Å². The van der Waals surface area contributed by atoms with Crippen molar-refractivity contribution in [2.24, 2.45) is 16.7 Å². The van der Waals surface area contributed by atoms with Gasteiger partial charge in [0.25, 0.3) is 0 Å². The number of hydrogen-bond acceptors (Lipinski definition) is 3. The number of rotatable bonds is 6. The lowest BCUT2D eigenvalue weighted by Gasteiger charge is -2.39. The molecule has 1 aliphatic heterocycles. The fourth-order valence-corrected chi connectivity index (χ4v) is 5.26. The van der Waals surface area contributed by atoms with E-state index in [9.17, 15) is 5.11 Å². The lowest BCUT2D eigenvalue weighted by Crippen LogP contribution is -2.39. The summed E-state index contributed by atoms with van der Waals surface area (Å²) in [5.74, 6) is 0.834. The van der Waals surface area contributed by atoms with Crippen LogP contribution in [-0.2, 0) is 4.74 Å². The van der Waals surface area contributed by atoms with Crippen molar-refractivity contribution in [1.29, 1.82) is 0 Å². The summed E-state index contributed by atoms with van der Waals surface area (Å²) in [6.07, 6.45) is 8.82. The molecule has 1 heterocycles. The third-order valence-electron chi connectivity index (χ3n) is 7.40. The monoisotopic (exact) mass is 309 g/mol. The Morgan fingerprint density at radius 2 is 1.91 bits per heavy atom. The van der Waals surface area contributed by atoms with E-state index in [1.807, 2.05) is 0 Å². The molecule has 3 fully saturated rings. The Morgan fingerprint density at radius 1 is 1.18 bits per heavy atom. The van der Waals surface area contributed by atoms with Crippen LogP contribution in [0.15, 0.2) is 0 Å². The minimum atomic E-state index is -0.225. The van der Waals surface area contributed by atoms with Gasteiger partial charge in [0, 0.05) is 13.2 Å². The molecule has 0 aromatic heterocycles. The molecule has 1 saturated heterocycles. The second kappa shape index (κ2) is 6.41. The highest BCUT2D eigenvalue weighted by Gasteiger charge is 2.61. The van der Waals surface area contributed by atoms with E-state index in [2.05, 4.69) is 25.7 Å². The summed E-state index contributed by atoms with van der Waals surface area (Å²) in [6.45, 7) is 11.2. The predicted octanol–water partition coefficient (Wildman–Crippen LogP) is 3.45. The number of β-amino-alcohol motifs (C(OH)–C–C–N with tert-alkyl or cyclic N) is 1. The molecule has 0 radical (unpaired) electrons.